The molecule has 0 bridgehead atoms. The van der Waals surface area contributed by atoms with Crippen LogP contribution in [0.3, 0.4) is 0 Å². The number of ether oxygens (including phenoxy) is 1. The van der Waals surface area contributed by atoms with E-state index in [1.54, 1.807) is 4.90 Å². The van der Waals surface area contributed by atoms with Gasteiger partial charge in [-0.05, 0) is 37.6 Å². The summed E-state index contributed by atoms with van der Waals surface area (Å²) in [5, 5.41) is 0. The van der Waals surface area contributed by atoms with Crippen molar-refractivity contribution in [2.75, 3.05) is 20.2 Å². The first kappa shape index (κ1) is 15.5. The van der Waals surface area contributed by atoms with Crippen molar-refractivity contribution in [3.8, 4) is 5.75 Å². The largest absolute Gasteiger partial charge is 0.494 e. The zero-order valence-corrected chi connectivity index (χ0v) is 12.1. The summed E-state index contributed by atoms with van der Waals surface area (Å²) in [7, 11) is 1.83. The summed E-state index contributed by atoms with van der Waals surface area (Å²) >= 11 is 0. The minimum atomic E-state index is -0.0160. The van der Waals surface area contributed by atoms with Gasteiger partial charge in [-0.2, -0.15) is 0 Å². The molecule has 4 heteroatoms. The second-order valence-electron chi connectivity index (χ2n) is 4.75. The molecule has 0 saturated heterocycles. The maximum Gasteiger partial charge on any atom is 0.225 e. The fraction of sp³-hybridized carbons (Fsp3) is 0.533. The number of rotatable bonds is 7. The Morgan fingerprint density at radius 3 is 2.53 bits per heavy atom. The molecule has 1 unspecified atom stereocenters. The lowest BCUT2D eigenvalue weighted by molar-refractivity contribution is -0.134. The van der Waals surface area contributed by atoms with Crippen molar-refractivity contribution in [3.63, 3.8) is 0 Å². The van der Waals surface area contributed by atoms with Crippen molar-refractivity contribution in [3.05, 3.63) is 29.8 Å². The monoisotopic (exact) mass is 264 g/mol. The molecule has 0 aliphatic rings. The Balaban J connectivity index is 2.56. The van der Waals surface area contributed by atoms with Gasteiger partial charge in [-0.1, -0.05) is 19.1 Å². The van der Waals surface area contributed by atoms with E-state index in [0.29, 0.717) is 19.7 Å². The van der Waals surface area contributed by atoms with E-state index < -0.39 is 0 Å². The van der Waals surface area contributed by atoms with Gasteiger partial charge in [0, 0.05) is 19.5 Å². The summed E-state index contributed by atoms with van der Waals surface area (Å²) in [5.41, 5.74) is 6.58. The minimum Gasteiger partial charge on any atom is -0.494 e. The van der Waals surface area contributed by atoms with Gasteiger partial charge in [0.2, 0.25) is 5.91 Å². The van der Waals surface area contributed by atoms with E-state index in [0.717, 1.165) is 17.7 Å². The fourth-order valence-electron chi connectivity index (χ4n) is 1.96. The zero-order chi connectivity index (χ0) is 14.3. The third-order valence-electron chi connectivity index (χ3n) is 3.05. The minimum absolute atomic E-state index is 0.0160. The fourth-order valence-corrected chi connectivity index (χ4v) is 1.96. The summed E-state index contributed by atoms with van der Waals surface area (Å²) in [6.07, 6.45) is 0.729. The van der Waals surface area contributed by atoms with Crippen LogP contribution in [0.4, 0.5) is 0 Å². The molecule has 106 valence electrons. The first-order valence-corrected chi connectivity index (χ1v) is 6.75. The van der Waals surface area contributed by atoms with Crippen LogP contribution in [0.15, 0.2) is 24.3 Å². The molecule has 0 aliphatic carbocycles. The van der Waals surface area contributed by atoms with Crippen molar-refractivity contribution in [2.45, 2.75) is 26.8 Å². The lowest BCUT2D eigenvalue weighted by atomic mass is 10.1. The Morgan fingerprint density at radius 2 is 2.00 bits per heavy atom. The van der Waals surface area contributed by atoms with Gasteiger partial charge in [-0.15, -0.1) is 0 Å². The quantitative estimate of drug-likeness (QED) is 0.820. The van der Waals surface area contributed by atoms with Crippen LogP contribution < -0.4 is 10.5 Å². The molecule has 0 saturated carbocycles. The number of hydrogen-bond donors (Lipinski definition) is 1. The lowest BCUT2D eigenvalue weighted by Crippen LogP contribution is -2.32. The molecule has 1 rings (SSSR count). The number of nitrogens with two attached hydrogens (primary N) is 1. The van der Waals surface area contributed by atoms with Crippen LogP contribution in [-0.4, -0.2) is 31.0 Å². The van der Waals surface area contributed by atoms with Crippen LogP contribution in [0, 0.1) is 5.92 Å². The predicted octanol–water partition coefficient (Wildman–Crippen LogP) is 2.03. The van der Waals surface area contributed by atoms with Crippen LogP contribution in [0.5, 0.6) is 5.75 Å². The molecule has 1 aromatic rings. The number of hydrogen-bond acceptors (Lipinski definition) is 3. The molecule has 19 heavy (non-hydrogen) atoms. The number of carbonyl (C=O) groups excluding carboxylic acids is 1. The molecular weight excluding hydrogens is 240 g/mol. The van der Waals surface area contributed by atoms with E-state index in [4.69, 9.17) is 10.5 Å². The van der Waals surface area contributed by atoms with Crippen molar-refractivity contribution in [1.29, 1.82) is 0 Å². The third kappa shape index (κ3) is 4.91. The molecule has 2 N–H and O–H groups in total. The predicted molar refractivity (Wildman–Crippen MR) is 76.9 cm³/mol. The van der Waals surface area contributed by atoms with Crippen LogP contribution in [-0.2, 0) is 11.3 Å². The van der Waals surface area contributed by atoms with Crippen LogP contribution in [0.25, 0.3) is 0 Å². The highest BCUT2D eigenvalue weighted by Gasteiger charge is 2.16. The van der Waals surface area contributed by atoms with Gasteiger partial charge in [0.1, 0.15) is 5.75 Å². The first-order chi connectivity index (χ1) is 9.08. The number of carbonyl (C=O) groups is 1. The van der Waals surface area contributed by atoms with Crippen molar-refractivity contribution >= 4 is 5.91 Å². The summed E-state index contributed by atoms with van der Waals surface area (Å²) < 4.78 is 5.39. The Hall–Kier alpha value is -1.55. The smallest absolute Gasteiger partial charge is 0.225 e. The first-order valence-electron chi connectivity index (χ1n) is 6.75. The molecule has 1 atom stereocenters. The Bertz CT molecular complexity index is 390. The topological polar surface area (TPSA) is 55.6 Å². The number of nitrogens with zero attached hydrogens (tertiary/aromatic N) is 1. The van der Waals surface area contributed by atoms with Gasteiger partial charge in [0.15, 0.2) is 0 Å². The van der Waals surface area contributed by atoms with E-state index in [1.165, 1.54) is 0 Å². The Kier molecular flexibility index (Phi) is 6.36. The molecule has 0 fully saturated rings. The molecule has 0 heterocycles. The normalized spacial score (nSPS) is 12.0. The Labute approximate surface area is 115 Å². The second-order valence-corrected chi connectivity index (χ2v) is 4.75. The molecule has 0 radical (unpaired) electrons. The summed E-state index contributed by atoms with van der Waals surface area (Å²) in [6.45, 7) is 5.70. The summed E-state index contributed by atoms with van der Waals surface area (Å²) in [6, 6.07) is 7.84. The number of benzene rings is 1. The molecule has 1 aromatic carbocycles. The zero-order valence-electron chi connectivity index (χ0n) is 12.1. The molecule has 0 spiro atoms. The maximum absolute atomic E-state index is 12.1. The molecule has 4 nitrogen and oxygen atoms in total. The van der Waals surface area contributed by atoms with Crippen molar-refractivity contribution < 1.29 is 9.53 Å². The number of amides is 1. The average molecular weight is 264 g/mol. The van der Waals surface area contributed by atoms with Crippen molar-refractivity contribution in [2.24, 2.45) is 11.7 Å². The van der Waals surface area contributed by atoms with Crippen LogP contribution >= 0.6 is 0 Å². The van der Waals surface area contributed by atoms with Crippen molar-refractivity contribution in [1.82, 2.24) is 4.90 Å². The molecule has 0 aliphatic heterocycles. The Morgan fingerprint density at radius 1 is 1.37 bits per heavy atom. The van der Waals surface area contributed by atoms with Gasteiger partial charge >= 0.3 is 0 Å². The standard InChI is InChI=1S/C15H24N2O2/c1-4-19-14-7-5-13(6-8-14)11-17(3)15(18)12(2)9-10-16/h5-8,12H,4,9-11,16H2,1-3H3. The lowest BCUT2D eigenvalue weighted by Gasteiger charge is -2.21. The highest BCUT2D eigenvalue weighted by Crippen LogP contribution is 2.14. The van der Waals surface area contributed by atoms with Gasteiger partial charge < -0.3 is 15.4 Å². The third-order valence-corrected chi connectivity index (χ3v) is 3.05. The maximum atomic E-state index is 12.1. The molecule has 1 amide bonds. The van der Waals surface area contributed by atoms with E-state index in [9.17, 15) is 4.79 Å². The van der Waals surface area contributed by atoms with E-state index in [1.807, 2.05) is 45.2 Å². The highest BCUT2D eigenvalue weighted by molar-refractivity contribution is 5.78. The highest BCUT2D eigenvalue weighted by atomic mass is 16.5. The molecule has 0 aromatic heterocycles. The van der Waals surface area contributed by atoms with Gasteiger partial charge in [-0.3, -0.25) is 4.79 Å². The summed E-state index contributed by atoms with van der Waals surface area (Å²) in [4.78, 5) is 13.8. The van der Waals surface area contributed by atoms with Gasteiger partial charge in [0.05, 0.1) is 6.61 Å². The van der Waals surface area contributed by atoms with Crippen LogP contribution in [0.2, 0.25) is 0 Å². The SMILES string of the molecule is CCOc1ccc(CN(C)C(=O)C(C)CCN)cc1. The van der Waals surface area contributed by atoms with Crippen LogP contribution in [0.1, 0.15) is 25.8 Å². The van der Waals surface area contributed by atoms with E-state index >= 15 is 0 Å². The second kappa shape index (κ2) is 7.79. The van der Waals surface area contributed by atoms with E-state index in [2.05, 4.69) is 0 Å². The molecular formula is C15H24N2O2. The van der Waals surface area contributed by atoms with E-state index in [-0.39, 0.29) is 11.8 Å². The summed E-state index contributed by atoms with van der Waals surface area (Å²) in [5.74, 6) is 0.980. The average Bonchev–Trinajstić information content (AvgIpc) is 2.40. The van der Waals surface area contributed by atoms with Gasteiger partial charge in [-0.25, -0.2) is 0 Å². The van der Waals surface area contributed by atoms with Gasteiger partial charge in [0.25, 0.3) is 0 Å².